The highest BCUT2D eigenvalue weighted by Crippen LogP contribution is 2.30. The molecule has 0 radical (unpaired) electrons. The van der Waals surface area contributed by atoms with Crippen molar-refractivity contribution in [2.45, 2.75) is 11.9 Å². The summed E-state index contributed by atoms with van der Waals surface area (Å²) in [5.41, 5.74) is 1.62. The van der Waals surface area contributed by atoms with Crippen LogP contribution < -0.4 is 10.1 Å². The molecule has 1 heterocycles. The minimum absolute atomic E-state index is 0.108. The van der Waals surface area contributed by atoms with Crippen LogP contribution in [0.15, 0.2) is 83.9 Å². The van der Waals surface area contributed by atoms with Crippen molar-refractivity contribution in [2.75, 3.05) is 17.7 Å². The van der Waals surface area contributed by atoms with Gasteiger partial charge in [-0.05, 0) is 67.6 Å². The number of aromatic amines is 1. The van der Waals surface area contributed by atoms with Gasteiger partial charge < -0.3 is 15.0 Å². The molecule has 0 spiro atoms. The second kappa shape index (κ2) is 9.88. The maximum Gasteiger partial charge on any atom is 0.240 e. The third-order valence-electron chi connectivity index (χ3n) is 4.92. The maximum absolute atomic E-state index is 13.5. The molecule has 0 atom stereocenters. The first-order valence-corrected chi connectivity index (χ1v) is 12.2. The van der Waals surface area contributed by atoms with Gasteiger partial charge in [0, 0.05) is 16.8 Å². The number of amides is 1. The van der Waals surface area contributed by atoms with E-state index in [1.165, 1.54) is 24.3 Å². The minimum Gasteiger partial charge on any atom is -0.494 e. The number of carbonyl (C=O) groups excluding carboxylic acids is 1. The average molecular weight is 480 g/mol. The number of benzene rings is 3. The summed E-state index contributed by atoms with van der Waals surface area (Å²) in [5, 5.41) is 2.36. The van der Waals surface area contributed by atoms with E-state index in [-0.39, 0.29) is 10.7 Å². The van der Waals surface area contributed by atoms with E-state index in [0.29, 0.717) is 35.0 Å². The van der Waals surface area contributed by atoms with Gasteiger partial charge in [0.2, 0.25) is 15.7 Å². The highest BCUT2D eigenvalue weighted by Gasteiger charge is 2.27. The molecule has 1 aromatic heterocycles. The van der Waals surface area contributed by atoms with Crippen LogP contribution in [-0.4, -0.2) is 36.7 Å². The third-order valence-corrected chi connectivity index (χ3v) is 6.48. The summed E-state index contributed by atoms with van der Waals surface area (Å²) in [7, 11) is -4.12. The summed E-state index contributed by atoms with van der Waals surface area (Å²) in [5.74, 6) is -0.973. The highest BCUT2D eigenvalue weighted by atomic mass is 32.2. The van der Waals surface area contributed by atoms with Gasteiger partial charge in [-0.15, -0.1) is 0 Å². The number of ether oxygens (including phenoxy) is 1. The van der Waals surface area contributed by atoms with E-state index in [1.807, 2.05) is 6.92 Å². The standard InChI is InChI=1S/C25H22FN3O4S/c1-2-33-21-14-10-18(11-15-21)24-28-23(17-8-12-19(26)13-9-17)25(29-24)34(31,32)16-22(30)27-20-6-4-3-5-7-20/h3-15H,2,16H2,1H3,(H,27,30)(H,28,29). The molecule has 34 heavy (non-hydrogen) atoms. The topological polar surface area (TPSA) is 101 Å². The predicted octanol–water partition coefficient (Wildman–Crippen LogP) is 4.69. The number of para-hydroxylation sites is 1. The van der Waals surface area contributed by atoms with E-state index < -0.39 is 27.3 Å². The van der Waals surface area contributed by atoms with E-state index in [1.54, 1.807) is 54.6 Å². The van der Waals surface area contributed by atoms with Crippen molar-refractivity contribution in [1.29, 1.82) is 0 Å². The SMILES string of the molecule is CCOc1ccc(-c2nc(-c3ccc(F)cc3)c(S(=O)(=O)CC(=O)Nc3ccccc3)[nH]2)cc1. The van der Waals surface area contributed by atoms with Crippen LogP contribution in [0.25, 0.3) is 22.6 Å². The number of nitrogens with zero attached hydrogens (tertiary/aromatic N) is 1. The summed E-state index contributed by atoms with van der Waals surface area (Å²) in [6.45, 7) is 2.39. The molecule has 0 aliphatic rings. The molecule has 4 rings (SSSR count). The molecule has 174 valence electrons. The summed E-state index contributed by atoms with van der Waals surface area (Å²) < 4.78 is 45.4. The van der Waals surface area contributed by atoms with Crippen molar-refractivity contribution < 1.29 is 22.3 Å². The number of H-pyrrole nitrogens is 1. The number of halogens is 1. The lowest BCUT2D eigenvalue weighted by Crippen LogP contribution is -2.23. The number of anilines is 1. The lowest BCUT2D eigenvalue weighted by atomic mass is 10.2. The lowest BCUT2D eigenvalue weighted by molar-refractivity contribution is -0.113. The van der Waals surface area contributed by atoms with Gasteiger partial charge in [-0.2, -0.15) is 0 Å². The number of nitrogens with one attached hydrogen (secondary N) is 2. The van der Waals surface area contributed by atoms with Crippen LogP contribution in [0, 0.1) is 5.82 Å². The van der Waals surface area contributed by atoms with E-state index in [2.05, 4.69) is 15.3 Å². The molecular weight excluding hydrogens is 457 g/mol. The smallest absolute Gasteiger partial charge is 0.240 e. The van der Waals surface area contributed by atoms with Crippen LogP contribution in [0.1, 0.15) is 6.92 Å². The maximum atomic E-state index is 13.5. The fraction of sp³-hybridized carbons (Fsp3) is 0.120. The number of hydrogen-bond acceptors (Lipinski definition) is 5. The molecule has 3 aromatic carbocycles. The second-order valence-corrected chi connectivity index (χ2v) is 9.33. The summed E-state index contributed by atoms with van der Waals surface area (Å²) in [6, 6.07) is 20.9. The first kappa shape index (κ1) is 23.2. The van der Waals surface area contributed by atoms with Crippen LogP contribution in [-0.2, 0) is 14.6 Å². The first-order valence-electron chi connectivity index (χ1n) is 10.5. The van der Waals surface area contributed by atoms with E-state index in [4.69, 9.17) is 4.74 Å². The average Bonchev–Trinajstić information content (AvgIpc) is 3.27. The first-order chi connectivity index (χ1) is 16.4. The summed E-state index contributed by atoms with van der Waals surface area (Å²) >= 11 is 0. The van der Waals surface area contributed by atoms with Crippen LogP contribution in [0.2, 0.25) is 0 Å². The Kier molecular flexibility index (Phi) is 6.74. The second-order valence-electron chi connectivity index (χ2n) is 7.40. The summed E-state index contributed by atoms with van der Waals surface area (Å²) in [6.07, 6.45) is 0. The Hall–Kier alpha value is -3.98. The number of carbonyl (C=O) groups is 1. The Morgan fingerprint density at radius 2 is 1.62 bits per heavy atom. The third kappa shape index (κ3) is 5.32. The molecular formula is C25H22FN3O4S. The number of imidazole rings is 1. The zero-order valence-corrected chi connectivity index (χ0v) is 19.1. The zero-order chi connectivity index (χ0) is 24.1. The van der Waals surface area contributed by atoms with E-state index in [9.17, 15) is 17.6 Å². The Labute approximate surface area is 196 Å². The van der Waals surface area contributed by atoms with Crippen LogP contribution >= 0.6 is 0 Å². The number of hydrogen-bond donors (Lipinski definition) is 2. The fourth-order valence-electron chi connectivity index (χ4n) is 3.36. The zero-order valence-electron chi connectivity index (χ0n) is 18.3. The summed E-state index contributed by atoms with van der Waals surface area (Å²) in [4.78, 5) is 19.8. The quantitative estimate of drug-likeness (QED) is 0.382. The highest BCUT2D eigenvalue weighted by molar-refractivity contribution is 7.92. The van der Waals surface area contributed by atoms with Gasteiger partial charge in [-0.3, -0.25) is 4.79 Å². The number of rotatable bonds is 8. The molecule has 0 saturated heterocycles. The molecule has 0 fully saturated rings. The van der Waals surface area contributed by atoms with E-state index in [0.717, 1.165) is 0 Å². The molecule has 7 nitrogen and oxygen atoms in total. The van der Waals surface area contributed by atoms with Crippen molar-refractivity contribution in [3.63, 3.8) is 0 Å². The van der Waals surface area contributed by atoms with Crippen LogP contribution in [0.4, 0.5) is 10.1 Å². The van der Waals surface area contributed by atoms with Crippen molar-refractivity contribution in [3.8, 4) is 28.4 Å². The molecule has 2 N–H and O–H groups in total. The van der Waals surface area contributed by atoms with Gasteiger partial charge in [0.1, 0.15) is 28.8 Å². The number of sulfone groups is 1. The fourth-order valence-corrected chi connectivity index (χ4v) is 4.63. The molecule has 0 saturated carbocycles. The van der Waals surface area contributed by atoms with Gasteiger partial charge in [-0.25, -0.2) is 17.8 Å². The molecule has 1 amide bonds. The van der Waals surface area contributed by atoms with Crippen molar-refractivity contribution in [3.05, 3.63) is 84.7 Å². The van der Waals surface area contributed by atoms with Gasteiger partial charge in [-0.1, -0.05) is 18.2 Å². The molecule has 0 aliphatic heterocycles. The van der Waals surface area contributed by atoms with Crippen molar-refractivity contribution in [1.82, 2.24) is 9.97 Å². The Morgan fingerprint density at radius 3 is 2.26 bits per heavy atom. The largest absolute Gasteiger partial charge is 0.494 e. The number of aromatic nitrogens is 2. The Morgan fingerprint density at radius 1 is 0.971 bits per heavy atom. The minimum atomic E-state index is -4.12. The Bertz CT molecular complexity index is 1380. The monoisotopic (exact) mass is 479 g/mol. The van der Waals surface area contributed by atoms with Crippen molar-refractivity contribution >= 4 is 21.4 Å². The van der Waals surface area contributed by atoms with Gasteiger partial charge in [0.15, 0.2) is 5.03 Å². The molecule has 0 unspecified atom stereocenters. The van der Waals surface area contributed by atoms with Crippen LogP contribution in [0.5, 0.6) is 5.75 Å². The molecule has 9 heteroatoms. The van der Waals surface area contributed by atoms with Gasteiger partial charge >= 0.3 is 0 Å². The molecule has 0 bridgehead atoms. The van der Waals surface area contributed by atoms with Crippen molar-refractivity contribution in [2.24, 2.45) is 0 Å². The van der Waals surface area contributed by atoms with Crippen LogP contribution in [0.3, 0.4) is 0 Å². The predicted molar refractivity (Wildman–Crippen MR) is 128 cm³/mol. The van der Waals surface area contributed by atoms with E-state index >= 15 is 0 Å². The molecule has 4 aromatic rings. The lowest BCUT2D eigenvalue weighted by Gasteiger charge is -2.07. The normalized spacial score (nSPS) is 11.2. The molecule has 0 aliphatic carbocycles. The van der Waals surface area contributed by atoms with Gasteiger partial charge in [0.05, 0.1) is 6.61 Å². The Balaban J connectivity index is 1.70. The van der Waals surface area contributed by atoms with Gasteiger partial charge in [0.25, 0.3) is 0 Å².